The molecule has 1 aromatic heterocycles. The molecule has 4 nitrogen and oxygen atoms in total. The Morgan fingerprint density at radius 3 is 3.00 bits per heavy atom. The molecule has 0 bridgehead atoms. The van der Waals surface area contributed by atoms with Crippen LogP contribution in [0.3, 0.4) is 0 Å². The predicted molar refractivity (Wildman–Crippen MR) is 70.8 cm³/mol. The van der Waals surface area contributed by atoms with Crippen molar-refractivity contribution in [3.8, 4) is 0 Å². The summed E-state index contributed by atoms with van der Waals surface area (Å²) in [5, 5.41) is 1.78. The van der Waals surface area contributed by atoms with E-state index < -0.39 is 10.0 Å². The summed E-state index contributed by atoms with van der Waals surface area (Å²) in [4.78, 5) is 0. The van der Waals surface area contributed by atoms with Crippen LogP contribution < -0.4 is 0 Å². The molecule has 1 aliphatic rings. The number of hydrogen-bond donors (Lipinski definition) is 0. The highest BCUT2D eigenvalue weighted by atomic mass is 79.9. The van der Waals surface area contributed by atoms with Crippen molar-refractivity contribution in [3.05, 3.63) is 15.9 Å². The van der Waals surface area contributed by atoms with Gasteiger partial charge in [0.05, 0.1) is 6.61 Å². The largest absolute Gasteiger partial charge is 0.384 e. The molecule has 7 heteroatoms. The lowest BCUT2D eigenvalue weighted by Gasteiger charge is -2.15. The van der Waals surface area contributed by atoms with Crippen molar-refractivity contribution in [1.29, 1.82) is 0 Å². The Balaban J connectivity index is 2.16. The van der Waals surface area contributed by atoms with Gasteiger partial charge in [-0.1, -0.05) is 0 Å². The molecule has 0 N–H and O–H groups in total. The van der Waals surface area contributed by atoms with Gasteiger partial charge in [-0.3, -0.25) is 0 Å². The molecule has 1 atom stereocenters. The summed E-state index contributed by atoms with van der Waals surface area (Å²) in [5.74, 6) is 0.313. The van der Waals surface area contributed by atoms with Crippen molar-refractivity contribution in [2.24, 2.45) is 5.92 Å². The van der Waals surface area contributed by atoms with Crippen LogP contribution in [0, 0.1) is 5.92 Å². The second-order valence-electron chi connectivity index (χ2n) is 4.03. The van der Waals surface area contributed by atoms with Crippen LogP contribution in [-0.4, -0.2) is 39.5 Å². The Hall–Kier alpha value is 0.0500. The van der Waals surface area contributed by atoms with E-state index in [1.54, 1.807) is 22.9 Å². The molecule has 0 aromatic carbocycles. The third kappa shape index (κ3) is 2.73. The van der Waals surface area contributed by atoms with E-state index in [1.807, 2.05) is 0 Å². The van der Waals surface area contributed by atoms with Gasteiger partial charge in [0.15, 0.2) is 0 Å². The fourth-order valence-electron chi connectivity index (χ4n) is 1.97. The first-order chi connectivity index (χ1) is 8.05. The molecular weight excluding hydrogens is 326 g/mol. The second kappa shape index (κ2) is 5.36. The third-order valence-electron chi connectivity index (χ3n) is 2.81. The van der Waals surface area contributed by atoms with Crippen LogP contribution in [-0.2, 0) is 14.8 Å². The van der Waals surface area contributed by atoms with Crippen molar-refractivity contribution in [2.75, 3.05) is 26.8 Å². The lowest BCUT2D eigenvalue weighted by atomic mass is 10.1. The van der Waals surface area contributed by atoms with Crippen molar-refractivity contribution >= 4 is 37.3 Å². The predicted octanol–water partition coefficient (Wildman–Crippen LogP) is 2.17. The van der Waals surface area contributed by atoms with Gasteiger partial charge in [-0.2, -0.15) is 4.31 Å². The van der Waals surface area contributed by atoms with Gasteiger partial charge >= 0.3 is 0 Å². The van der Waals surface area contributed by atoms with Crippen molar-refractivity contribution in [2.45, 2.75) is 10.6 Å². The average molecular weight is 340 g/mol. The minimum atomic E-state index is -3.33. The molecule has 0 radical (unpaired) electrons. The van der Waals surface area contributed by atoms with Crippen LogP contribution >= 0.6 is 27.3 Å². The first-order valence-electron chi connectivity index (χ1n) is 5.27. The number of ether oxygens (including phenoxy) is 1. The highest BCUT2D eigenvalue weighted by Crippen LogP contribution is 2.32. The van der Waals surface area contributed by atoms with E-state index in [1.165, 1.54) is 11.3 Å². The maximum atomic E-state index is 12.3. The highest BCUT2D eigenvalue weighted by molar-refractivity contribution is 9.10. The van der Waals surface area contributed by atoms with Gasteiger partial charge < -0.3 is 4.74 Å². The first kappa shape index (κ1) is 13.5. The molecule has 0 aliphatic carbocycles. The molecule has 0 spiro atoms. The molecule has 1 unspecified atom stereocenters. The van der Waals surface area contributed by atoms with Gasteiger partial charge in [0.1, 0.15) is 4.21 Å². The average Bonchev–Trinajstić information content (AvgIpc) is 2.87. The summed E-state index contributed by atoms with van der Waals surface area (Å²) in [6, 6.07) is 1.76. The molecule has 2 rings (SSSR count). The third-order valence-corrected chi connectivity index (χ3v) is 7.32. The van der Waals surface area contributed by atoms with Gasteiger partial charge in [-0.15, -0.1) is 11.3 Å². The summed E-state index contributed by atoms with van der Waals surface area (Å²) < 4.78 is 32.3. The van der Waals surface area contributed by atoms with E-state index in [-0.39, 0.29) is 0 Å². The Morgan fingerprint density at radius 1 is 1.65 bits per heavy atom. The molecular formula is C10H14BrNO3S2. The second-order valence-corrected chi connectivity index (χ2v) is 7.93. The minimum absolute atomic E-state index is 0.313. The summed E-state index contributed by atoms with van der Waals surface area (Å²) in [6.45, 7) is 1.76. The summed E-state index contributed by atoms with van der Waals surface area (Å²) >= 11 is 4.53. The van der Waals surface area contributed by atoms with Gasteiger partial charge in [0, 0.05) is 24.7 Å². The van der Waals surface area contributed by atoms with E-state index in [0.29, 0.717) is 34.3 Å². The maximum absolute atomic E-state index is 12.3. The zero-order chi connectivity index (χ0) is 12.5. The number of halogens is 1. The quantitative estimate of drug-likeness (QED) is 0.844. The van der Waals surface area contributed by atoms with Crippen LogP contribution in [0.1, 0.15) is 6.42 Å². The Kier molecular flexibility index (Phi) is 4.25. The normalized spacial score (nSPS) is 22.1. The Bertz CT molecular complexity index is 485. The molecule has 96 valence electrons. The van der Waals surface area contributed by atoms with Crippen molar-refractivity contribution in [3.63, 3.8) is 0 Å². The van der Waals surface area contributed by atoms with Crippen LogP contribution in [0.2, 0.25) is 0 Å². The van der Waals surface area contributed by atoms with Gasteiger partial charge in [0.25, 0.3) is 10.0 Å². The standard InChI is InChI=1S/C10H14BrNO3S2/c1-15-7-8-2-4-12(6-8)17(13,14)10-9(11)3-5-16-10/h3,5,8H,2,4,6-7H2,1H3. The SMILES string of the molecule is COCC1CCN(S(=O)(=O)c2sccc2Br)C1. The Morgan fingerprint density at radius 2 is 2.41 bits per heavy atom. The lowest BCUT2D eigenvalue weighted by Crippen LogP contribution is -2.29. The molecule has 1 aromatic rings. The zero-order valence-electron chi connectivity index (χ0n) is 9.43. The van der Waals surface area contributed by atoms with E-state index >= 15 is 0 Å². The molecule has 1 aliphatic heterocycles. The molecule has 2 heterocycles. The number of methoxy groups -OCH3 is 1. The zero-order valence-corrected chi connectivity index (χ0v) is 12.6. The molecule has 1 saturated heterocycles. The van der Waals surface area contributed by atoms with Crippen LogP contribution in [0.5, 0.6) is 0 Å². The van der Waals surface area contributed by atoms with E-state index in [0.717, 1.165) is 6.42 Å². The number of thiophene rings is 1. The topological polar surface area (TPSA) is 46.6 Å². The van der Waals surface area contributed by atoms with Crippen LogP contribution in [0.4, 0.5) is 0 Å². The molecule has 1 fully saturated rings. The fourth-order valence-corrected chi connectivity index (χ4v) is 5.95. The van der Waals surface area contributed by atoms with Crippen LogP contribution in [0.15, 0.2) is 20.1 Å². The van der Waals surface area contributed by atoms with E-state index in [9.17, 15) is 8.42 Å². The molecule has 0 saturated carbocycles. The monoisotopic (exact) mass is 339 g/mol. The minimum Gasteiger partial charge on any atom is -0.384 e. The maximum Gasteiger partial charge on any atom is 0.253 e. The van der Waals surface area contributed by atoms with Crippen LogP contribution in [0.25, 0.3) is 0 Å². The summed E-state index contributed by atoms with van der Waals surface area (Å²) in [5.41, 5.74) is 0. The summed E-state index contributed by atoms with van der Waals surface area (Å²) in [7, 11) is -1.68. The smallest absolute Gasteiger partial charge is 0.253 e. The Labute approximate surface area is 114 Å². The lowest BCUT2D eigenvalue weighted by molar-refractivity contribution is 0.157. The van der Waals surface area contributed by atoms with Gasteiger partial charge in [-0.25, -0.2) is 8.42 Å². The molecule has 17 heavy (non-hydrogen) atoms. The van der Waals surface area contributed by atoms with Gasteiger partial charge in [-0.05, 0) is 39.7 Å². The first-order valence-corrected chi connectivity index (χ1v) is 8.39. The molecule has 0 amide bonds. The van der Waals surface area contributed by atoms with Crippen molar-refractivity contribution in [1.82, 2.24) is 4.31 Å². The number of hydrogen-bond acceptors (Lipinski definition) is 4. The van der Waals surface area contributed by atoms with Crippen molar-refractivity contribution < 1.29 is 13.2 Å². The summed E-state index contributed by atoms with van der Waals surface area (Å²) in [6.07, 6.45) is 0.871. The number of nitrogens with zero attached hydrogens (tertiary/aromatic N) is 1. The highest BCUT2D eigenvalue weighted by Gasteiger charge is 2.34. The number of sulfonamides is 1. The van der Waals surface area contributed by atoms with Gasteiger partial charge in [0.2, 0.25) is 0 Å². The fraction of sp³-hybridized carbons (Fsp3) is 0.600. The van der Waals surface area contributed by atoms with E-state index in [4.69, 9.17) is 4.74 Å². The van der Waals surface area contributed by atoms with E-state index in [2.05, 4.69) is 15.9 Å². The number of rotatable bonds is 4.